The van der Waals surface area contributed by atoms with Gasteiger partial charge in [0.1, 0.15) is 0 Å². The van der Waals surface area contributed by atoms with E-state index in [-0.39, 0.29) is 7.43 Å². The largest absolute Gasteiger partial charge is 0.374 e. The average molecular weight is 413 g/mol. The van der Waals surface area contributed by atoms with Crippen LogP contribution in [0.3, 0.4) is 0 Å². The smallest absolute Gasteiger partial charge is 0.0630 e. The Morgan fingerprint density at radius 3 is 1.00 bits per heavy atom. The molecule has 176 valence electrons. The second-order valence-electron chi connectivity index (χ2n) is 10.7. The lowest BCUT2D eigenvalue weighted by atomic mass is 9.73. The molecule has 0 radical (unpaired) electrons. The van der Waals surface area contributed by atoms with Gasteiger partial charge in [-0.15, -0.1) is 0 Å². The van der Waals surface area contributed by atoms with E-state index in [9.17, 15) is 0 Å². The fraction of sp³-hybridized carbons (Fsp3) is 1.00. The molecule has 0 aromatic carbocycles. The zero-order chi connectivity index (χ0) is 21.8. The van der Waals surface area contributed by atoms with Gasteiger partial charge in [-0.25, -0.2) is 0 Å². The van der Waals surface area contributed by atoms with Crippen molar-refractivity contribution < 1.29 is 9.47 Å². The highest BCUT2D eigenvalue weighted by Gasteiger charge is 2.40. The molecule has 2 fully saturated rings. The Morgan fingerprint density at radius 1 is 0.517 bits per heavy atom. The standard InChI is InChI=1S/2C13H26O.CH4/c2*1-7-12-10(5)9(4)11(6)13(14-12)8(2)3;/h2*8-13H,7H2,1-6H3;1H4/t2*9-,10+,11?,12?,13?;/m10./s1. The molecule has 0 aromatic rings. The SMILES string of the molecule is C.CCC1OC(C(C)C)C(C)[C@@H](C)[C@H]1C.CCC1OC(C(C)C)C(C)[C@H](C)[C@@H]1C. The molecule has 0 aliphatic carbocycles. The molecule has 2 rings (SSSR count). The highest BCUT2D eigenvalue weighted by atomic mass is 16.5. The van der Waals surface area contributed by atoms with E-state index in [0.29, 0.717) is 59.9 Å². The highest BCUT2D eigenvalue weighted by Crippen LogP contribution is 2.39. The van der Waals surface area contributed by atoms with Crippen LogP contribution in [-0.2, 0) is 9.47 Å². The third kappa shape index (κ3) is 6.96. The Hall–Kier alpha value is -0.0800. The topological polar surface area (TPSA) is 18.5 Å². The van der Waals surface area contributed by atoms with Crippen LogP contribution in [0, 0.1) is 47.3 Å². The van der Waals surface area contributed by atoms with Crippen molar-refractivity contribution in [2.75, 3.05) is 0 Å². The summed E-state index contributed by atoms with van der Waals surface area (Å²) in [4.78, 5) is 0. The van der Waals surface area contributed by atoms with Crippen LogP contribution in [0.4, 0.5) is 0 Å². The summed E-state index contributed by atoms with van der Waals surface area (Å²) in [5.41, 5.74) is 0. The monoisotopic (exact) mass is 412 g/mol. The first-order valence-corrected chi connectivity index (χ1v) is 12.3. The summed E-state index contributed by atoms with van der Waals surface area (Å²) < 4.78 is 12.4. The first kappa shape index (κ1) is 28.9. The van der Waals surface area contributed by atoms with E-state index >= 15 is 0 Å². The fourth-order valence-corrected chi connectivity index (χ4v) is 5.60. The molecule has 0 saturated carbocycles. The molecule has 2 heteroatoms. The lowest BCUT2D eigenvalue weighted by molar-refractivity contribution is -0.150. The van der Waals surface area contributed by atoms with Crippen LogP contribution in [0.2, 0.25) is 0 Å². The van der Waals surface area contributed by atoms with Gasteiger partial charge in [0.25, 0.3) is 0 Å². The van der Waals surface area contributed by atoms with E-state index in [2.05, 4.69) is 83.1 Å². The van der Waals surface area contributed by atoms with Gasteiger partial charge in [0, 0.05) is 0 Å². The zero-order valence-corrected chi connectivity index (χ0v) is 21.2. The molecule has 0 N–H and O–H groups in total. The second-order valence-corrected chi connectivity index (χ2v) is 10.7. The minimum atomic E-state index is 0. The van der Waals surface area contributed by atoms with Gasteiger partial charge in [-0.3, -0.25) is 0 Å². The molecule has 2 aliphatic rings. The van der Waals surface area contributed by atoms with Crippen molar-refractivity contribution in [3.8, 4) is 0 Å². The van der Waals surface area contributed by atoms with Gasteiger partial charge < -0.3 is 9.47 Å². The van der Waals surface area contributed by atoms with Crippen LogP contribution < -0.4 is 0 Å². The number of hydrogen-bond donors (Lipinski definition) is 0. The Balaban J connectivity index is 0.000000523. The molecular weight excluding hydrogens is 356 g/mol. The predicted molar refractivity (Wildman–Crippen MR) is 129 cm³/mol. The maximum Gasteiger partial charge on any atom is 0.0630 e. The summed E-state index contributed by atoms with van der Waals surface area (Å²) in [6, 6.07) is 0. The van der Waals surface area contributed by atoms with Gasteiger partial charge in [-0.2, -0.15) is 0 Å². The maximum atomic E-state index is 6.19. The van der Waals surface area contributed by atoms with Crippen molar-refractivity contribution >= 4 is 0 Å². The molecule has 0 aromatic heterocycles. The van der Waals surface area contributed by atoms with Crippen LogP contribution in [0.15, 0.2) is 0 Å². The normalized spacial score (nSPS) is 42.8. The van der Waals surface area contributed by atoms with E-state index in [4.69, 9.17) is 9.47 Å². The summed E-state index contributed by atoms with van der Waals surface area (Å²) in [7, 11) is 0. The van der Waals surface area contributed by atoms with Gasteiger partial charge in [-0.05, 0) is 60.2 Å². The molecule has 10 atom stereocenters. The predicted octanol–water partition coefficient (Wildman–Crippen LogP) is 8.09. The lowest BCUT2D eigenvalue weighted by Crippen LogP contribution is -2.46. The average Bonchev–Trinajstić information content (AvgIpc) is 2.64. The summed E-state index contributed by atoms with van der Waals surface area (Å²) in [6.45, 7) is 27.7. The van der Waals surface area contributed by atoms with E-state index in [1.165, 1.54) is 0 Å². The van der Waals surface area contributed by atoms with Gasteiger partial charge in [0.2, 0.25) is 0 Å². The summed E-state index contributed by atoms with van der Waals surface area (Å²) in [5, 5.41) is 0. The molecule has 2 saturated heterocycles. The molecular formula is C27H56O2. The van der Waals surface area contributed by atoms with Crippen molar-refractivity contribution in [3.05, 3.63) is 0 Å². The highest BCUT2D eigenvalue weighted by molar-refractivity contribution is 4.87. The Bertz CT molecular complexity index is 388. The van der Waals surface area contributed by atoms with E-state index in [1.807, 2.05) is 0 Å². The summed E-state index contributed by atoms with van der Waals surface area (Å²) in [5.74, 6) is 5.71. The van der Waals surface area contributed by atoms with Crippen LogP contribution in [0.25, 0.3) is 0 Å². The Morgan fingerprint density at radius 2 is 0.793 bits per heavy atom. The Labute approximate surface area is 184 Å². The summed E-state index contributed by atoms with van der Waals surface area (Å²) in [6.07, 6.45) is 4.20. The number of rotatable bonds is 4. The molecule has 2 aliphatic heterocycles. The molecule has 0 bridgehead atoms. The molecule has 0 spiro atoms. The van der Waals surface area contributed by atoms with Crippen molar-refractivity contribution in [3.63, 3.8) is 0 Å². The summed E-state index contributed by atoms with van der Waals surface area (Å²) >= 11 is 0. The molecule has 2 heterocycles. The second kappa shape index (κ2) is 12.7. The Kier molecular flexibility index (Phi) is 12.7. The third-order valence-electron chi connectivity index (χ3n) is 8.31. The quantitative estimate of drug-likeness (QED) is 0.464. The van der Waals surface area contributed by atoms with Gasteiger partial charge in [-0.1, -0.05) is 90.5 Å². The van der Waals surface area contributed by atoms with Crippen LogP contribution >= 0.6 is 0 Å². The molecule has 0 amide bonds. The van der Waals surface area contributed by atoms with Crippen LogP contribution in [0.5, 0.6) is 0 Å². The van der Waals surface area contributed by atoms with Crippen LogP contribution in [0.1, 0.15) is 103 Å². The van der Waals surface area contributed by atoms with Crippen LogP contribution in [-0.4, -0.2) is 24.4 Å². The minimum Gasteiger partial charge on any atom is -0.374 e. The van der Waals surface area contributed by atoms with Crippen molar-refractivity contribution in [2.45, 2.75) is 128 Å². The van der Waals surface area contributed by atoms with E-state index in [0.717, 1.165) is 24.7 Å². The molecule has 6 unspecified atom stereocenters. The minimum absolute atomic E-state index is 0. The fourth-order valence-electron chi connectivity index (χ4n) is 5.60. The number of ether oxygens (including phenoxy) is 2. The zero-order valence-electron chi connectivity index (χ0n) is 21.2. The van der Waals surface area contributed by atoms with Crippen molar-refractivity contribution in [1.82, 2.24) is 0 Å². The maximum absolute atomic E-state index is 6.19. The van der Waals surface area contributed by atoms with E-state index < -0.39 is 0 Å². The lowest BCUT2D eigenvalue weighted by Gasteiger charge is -2.45. The first-order chi connectivity index (χ1) is 13.0. The van der Waals surface area contributed by atoms with Gasteiger partial charge in [0.05, 0.1) is 24.4 Å². The van der Waals surface area contributed by atoms with Crippen molar-refractivity contribution in [2.24, 2.45) is 47.3 Å². The first-order valence-electron chi connectivity index (χ1n) is 12.3. The molecule has 2 nitrogen and oxygen atoms in total. The van der Waals surface area contributed by atoms with E-state index in [1.54, 1.807) is 0 Å². The molecule has 29 heavy (non-hydrogen) atoms. The van der Waals surface area contributed by atoms with Gasteiger partial charge in [0.15, 0.2) is 0 Å². The van der Waals surface area contributed by atoms with Gasteiger partial charge >= 0.3 is 0 Å². The van der Waals surface area contributed by atoms with Crippen molar-refractivity contribution in [1.29, 1.82) is 0 Å². The number of hydrogen-bond acceptors (Lipinski definition) is 2. The third-order valence-corrected chi connectivity index (χ3v) is 8.31.